The van der Waals surface area contributed by atoms with Crippen LogP contribution in [0.3, 0.4) is 0 Å². The highest BCUT2D eigenvalue weighted by Gasteiger charge is 2.20. The minimum Gasteiger partial charge on any atom is -0.383 e. The van der Waals surface area contributed by atoms with E-state index in [4.69, 9.17) is 9.72 Å². The van der Waals surface area contributed by atoms with Gasteiger partial charge in [-0.3, -0.25) is 9.78 Å². The van der Waals surface area contributed by atoms with Gasteiger partial charge in [0.2, 0.25) is 0 Å². The maximum Gasteiger partial charge on any atom is 0.253 e. The summed E-state index contributed by atoms with van der Waals surface area (Å²) in [4.78, 5) is 22.0. The molecular formula is C23H30N4O2S. The number of aromatic nitrogens is 3. The van der Waals surface area contributed by atoms with Gasteiger partial charge in [0.05, 0.1) is 23.6 Å². The fraction of sp³-hybridized carbons (Fsp3) is 0.435. The van der Waals surface area contributed by atoms with Crippen LogP contribution in [0.2, 0.25) is 0 Å². The average Bonchev–Trinajstić information content (AvgIpc) is 3.37. The molecule has 3 aromatic rings. The number of nitrogens with one attached hydrogen (secondary N) is 1. The van der Waals surface area contributed by atoms with Crippen LogP contribution in [-0.4, -0.2) is 40.7 Å². The zero-order valence-electron chi connectivity index (χ0n) is 18.2. The molecule has 0 aliphatic heterocycles. The van der Waals surface area contributed by atoms with E-state index < -0.39 is 0 Å². The summed E-state index contributed by atoms with van der Waals surface area (Å²) >= 11 is 1.61. The van der Waals surface area contributed by atoms with Crippen molar-refractivity contribution >= 4 is 17.2 Å². The van der Waals surface area contributed by atoms with Crippen molar-refractivity contribution in [2.75, 3.05) is 20.3 Å². The van der Waals surface area contributed by atoms with Gasteiger partial charge in [-0.1, -0.05) is 20.3 Å². The first-order chi connectivity index (χ1) is 14.6. The van der Waals surface area contributed by atoms with Gasteiger partial charge in [-0.15, -0.1) is 11.3 Å². The van der Waals surface area contributed by atoms with Gasteiger partial charge in [-0.05, 0) is 38.0 Å². The van der Waals surface area contributed by atoms with E-state index in [1.807, 2.05) is 25.3 Å². The van der Waals surface area contributed by atoms with Crippen LogP contribution in [0, 0.1) is 6.92 Å². The zero-order valence-corrected chi connectivity index (χ0v) is 19.0. The van der Waals surface area contributed by atoms with E-state index in [0.29, 0.717) is 25.3 Å². The molecule has 0 atom stereocenters. The van der Waals surface area contributed by atoms with Gasteiger partial charge in [0, 0.05) is 48.7 Å². The number of ether oxygens (including phenoxy) is 1. The Balaban J connectivity index is 1.95. The molecule has 0 saturated carbocycles. The van der Waals surface area contributed by atoms with E-state index in [9.17, 15) is 4.79 Å². The number of rotatable bonds is 10. The second-order valence-electron chi connectivity index (χ2n) is 7.21. The van der Waals surface area contributed by atoms with Crippen molar-refractivity contribution in [2.24, 2.45) is 0 Å². The lowest BCUT2D eigenvalue weighted by Crippen LogP contribution is -2.24. The number of pyridine rings is 1. The van der Waals surface area contributed by atoms with Crippen LogP contribution in [0.5, 0.6) is 0 Å². The molecule has 7 heteroatoms. The predicted octanol–water partition coefficient (Wildman–Crippen LogP) is 4.72. The zero-order chi connectivity index (χ0) is 21.5. The molecule has 0 spiro atoms. The summed E-state index contributed by atoms with van der Waals surface area (Å²) in [6.07, 6.45) is 4.75. The van der Waals surface area contributed by atoms with Crippen LogP contribution < -0.4 is 5.32 Å². The molecule has 30 heavy (non-hydrogen) atoms. The summed E-state index contributed by atoms with van der Waals surface area (Å²) in [5.41, 5.74) is 5.57. The minimum absolute atomic E-state index is 0.0319. The van der Waals surface area contributed by atoms with Crippen molar-refractivity contribution in [1.82, 2.24) is 19.9 Å². The van der Waals surface area contributed by atoms with Crippen LogP contribution >= 0.6 is 11.3 Å². The molecule has 6 nitrogen and oxygen atoms in total. The Labute approximate surface area is 182 Å². The maximum atomic E-state index is 12.7. The largest absolute Gasteiger partial charge is 0.383 e. The second-order valence-corrected chi connectivity index (χ2v) is 8.07. The molecule has 0 fully saturated rings. The molecule has 0 unspecified atom stereocenters. The number of carbonyl (C=O) groups is 1. The third-order valence-corrected chi connectivity index (χ3v) is 6.03. The fourth-order valence-electron chi connectivity index (χ4n) is 3.36. The molecule has 0 radical (unpaired) electrons. The van der Waals surface area contributed by atoms with Crippen molar-refractivity contribution in [2.45, 2.75) is 46.6 Å². The first-order valence-electron chi connectivity index (χ1n) is 10.5. The van der Waals surface area contributed by atoms with Crippen LogP contribution in [0.15, 0.2) is 29.8 Å². The van der Waals surface area contributed by atoms with Crippen molar-refractivity contribution in [1.29, 1.82) is 0 Å². The topological polar surface area (TPSA) is 69.0 Å². The Morgan fingerprint density at radius 3 is 2.87 bits per heavy atom. The monoisotopic (exact) mass is 426 g/mol. The van der Waals surface area contributed by atoms with Crippen LogP contribution in [-0.2, 0) is 17.7 Å². The Morgan fingerprint density at radius 2 is 2.13 bits per heavy atom. The maximum absolute atomic E-state index is 12.7. The molecule has 0 bridgehead atoms. The summed E-state index contributed by atoms with van der Waals surface area (Å²) < 4.78 is 7.42. The van der Waals surface area contributed by atoms with E-state index in [2.05, 4.69) is 40.2 Å². The third-order valence-electron chi connectivity index (χ3n) is 5.14. The SMILES string of the molecule is CCCCNC(=O)c1cc(-c2csc(-c3ccnc(CC)c3)n2)n(CCOC)c1C. The summed E-state index contributed by atoms with van der Waals surface area (Å²) in [7, 11) is 1.69. The summed E-state index contributed by atoms with van der Waals surface area (Å²) in [6.45, 7) is 8.12. The molecule has 0 aliphatic carbocycles. The summed E-state index contributed by atoms with van der Waals surface area (Å²) in [5.74, 6) is -0.0319. The number of hydrogen-bond acceptors (Lipinski definition) is 5. The molecule has 3 aromatic heterocycles. The highest BCUT2D eigenvalue weighted by molar-refractivity contribution is 7.13. The standard InChI is InChI=1S/C23H30N4O2S/c1-5-7-9-25-22(28)19-14-21(27(16(19)3)11-12-29-4)20-15-30-23(26-20)17-8-10-24-18(6-2)13-17/h8,10,13-15H,5-7,9,11-12H2,1-4H3,(H,25,28). The van der Waals surface area contributed by atoms with Gasteiger partial charge in [-0.2, -0.15) is 0 Å². The summed E-state index contributed by atoms with van der Waals surface area (Å²) in [6, 6.07) is 6.03. The van der Waals surface area contributed by atoms with Gasteiger partial charge in [-0.25, -0.2) is 4.98 Å². The first-order valence-corrected chi connectivity index (χ1v) is 11.3. The highest BCUT2D eigenvalue weighted by atomic mass is 32.1. The van der Waals surface area contributed by atoms with Gasteiger partial charge < -0.3 is 14.6 Å². The Morgan fingerprint density at radius 1 is 1.30 bits per heavy atom. The first kappa shape index (κ1) is 22.2. The quantitative estimate of drug-likeness (QED) is 0.476. The lowest BCUT2D eigenvalue weighted by Gasteiger charge is -2.10. The number of nitrogens with zero attached hydrogens (tertiary/aromatic N) is 3. The predicted molar refractivity (Wildman–Crippen MR) is 122 cm³/mol. The normalized spacial score (nSPS) is 11.1. The average molecular weight is 427 g/mol. The molecule has 0 saturated heterocycles. The molecular weight excluding hydrogens is 396 g/mol. The Hall–Kier alpha value is -2.51. The number of methoxy groups -OCH3 is 1. The van der Waals surface area contributed by atoms with Crippen molar-refractivity contribution in [3.8, 4) is 22.0 Å². The molecule has 3 heterocycles. The Kier molecular flexibility index (Phi) is 7.76. The number of thiazole rings is 1. The van der Waals surface area contributed by atoms with Crippen molar-refractivity contribution in [3.63, 3.8) is 0 Å². The van der Waals surface area contributed by atoms with Crippen LogP contribution in [0.4, 0.5) is 0 Å². The van der Waals surface area contributed by atoms with Gasteiger partial charge in [0.15, 0.2) is 0 Å². The van der Waals surface area contributed by atoms with Crippen molar-refractivity contribution < 1.29 is 9.53 Å². The summed E-state index contributed by atoms with van der Waals surface area (Å²) in [5, 5.41) is 6.03. The molecule has 0 aliphatic rings. The molecule has 3 rings (SSSR count). The lowest BCUT2D eigenvalue weighted by atomic mass is 10.2. The van der Waals surface area contributed by atoms with Gasteiger partial charge in [0.1, 0.15) is 5.01 Å². The molecule has 1 amide bonds. The number of aryl methyl sites for hydroxylation is 1. The van der Waals surface area contributed by atoms with E-state index >= 15 is 0 Å². The molecule has 160 valence electrons. The van der Waals surface area contributed by atoms with E-state index in [-0.39, 0.29) is 5.91 Å². The third kappa shape index (κ3) is 4.96. The smallest absolute Gasteiger partial charge is 0.253 e. The number of hydrogen-bond donors (Lipinski definition) is 1. The van der Waals surface area contributed by atoms with Crippen molar-refractivity contribution in [3.05, 3.63) is 46.7 Å². The molecule has 0 aromatic carbocycles. The molecule has 1 N–H and O–H groups in total. The van der Waals surface area contributed by atoms with Crippen LogP contribution in [0.1, 0.15) is 48.4 Å². The lowest BCUT2D eigenvalue weighted by molar-refractivity contribution is 0.0952. The number of unbranched alkanes of at least 4 members (excludes halogenated alkanes) is 1. The van der Waals surface area contributed by atoms with Gasteiger partial charge >= 0.3 is 0 Å². The van der Waals surface area contributed by atoms with E-state index in [0.717, 1.165) is 52.6 Å². The van der Waals surface area contributed by atoms with Crippen LogP contribution in [0.25, 0.3) is 22.0 Å². The Bertz CT molecular complexity index is 993. The van der Waals surface area contributed by atoms with E-state index in [1.54, 1.807) is 18.4 Å². The minimum atomic E-state index is -0.0319. The fourth-order valence-corrected chi connectivity index (χ4v) is 4.17. The number of amides is 1. The number of carbonyl (C=O) groups excluding carboxylic acids is 1. The van der Waals surface area contributed by atoms with E-state index in [1.165, 1.54) is 0 Å². The van der Waals surface area contributed by atoms with Gasteiger partial charge in [0.25, 0.3) is 5.91 Å². The second kappa shape index (κ2) is 10.5. The highest BCUT2D eigenvalue weighted by Crippen LogP contribution is 2.31.